The first-order valence-corrected chi connectivity index (χ1v) is 11.5. The molecular formula is C24H31N5S. The van der Waals surface area contributed by atoms with Gasteiger partial charge in [0.2, 0.25) is 0 Å². The summed E-state index contributed by atoms with van der Waals surface area (Å²) >= 11 is 1.82. The molecule has 1 aromatic carbocycles. The lowest BCUT2D eigenvalue weighted by molar-refractivity contribution is 0.184. The standard InChI is InChI=1S/C24H31N5S/c1-6-24(2,3)17-9-12-20-19(13-17)21-22(25-15-26-23(21)30-20)28-27-14-16-7-10-18(11-8-16)29(4)5/h7-8,10-11,14-15,17H,6,9,12-13H2,1-5H3,(H,25,26,28)/b27-14+. The van der Waals surface area contributed by atoms with Crippen LogP contribution in [0.25, 0.3) is 10.2 Å². The number of nitrogens with one attached hydrogen (secondary N) is 1. The second kappa shape index (κ2) is 8.34. The number of nitrogens with zero attached hydrogens (tertiary/aromatic N) is 4. The van der Waals surface area contributed by atoms with Crippen LogP contribution in [0.4, 0.5) is 11.5 Å². The lowest BCUT2D eigenvalue weighted by Crippen LogP contribution is -2.28. The van der Waals surface area contributed by atoms with Gasteiger partial charge in [0.1, 0.15) is 11.2 Å². The molecule has 0 amide bonds. The first-order valence-electron chi connectivity index (χ1n) is 10.7. The molecule has 0 fully saturated rings. The van der Waals surface area contributed by atoms with Gasteiger partial charge in [0, 0.05) is 24.7 Å². The van der Waals surface area contributed by atoms with Crippen LogP contribution in [0, 0.1) is 11.3 Å². The molecule has 2 heterocycles. The van der Waals surface area contributed by atoms with Crippen LogP contribution in [-0.4, -0.2) is 30.3 Å². The maximum atomic E-state index is 4.56. The fourth-order valence-electron chi connectivity index (χ4n) is 4.18. The number of anilines is 2. The average molecular weight is 422 g/mol. The third-order valence-corrected chi connectivity index (χ3v) is 7.85. The van der Waals surface area contributed by atoms with E-state index in [1.807, 2.05) is 31.6 Å². The van der Waals surface area contributed by atoms with Crippen LogP contribution in [0.15, 0.2) is 35.7 Å². The number of thiophene rings is 1. The summed E-state index contributed by atoms with van der Waals surface area (Å²) in [4.78, 5) is 13.7. The highest BCUT2D eigenvalue weighted by Gasteiger charge is 2.33. The van der Waals surface area contributed by atoms with Crippen LogP contribution < -0.4 is 10.3 Å². The first kappa shape index (κ1) is 20.8. The molecule has 0 aliphatic heterocycles. The van der Waals surface area contributed by atoms with Gasteiger partial charge in [-0.1, -0.05) is 39.3 Å². The quantitative estimate of drug-likeness (QED) is 0.407. The molecule has 6 heteroatoms. The maximum absolute atomic E-state index is 4.56. The predicted molar refractivity (Wildman–Crippen MR) is 129 cm³/mol. The molecule has 30 heavy (non-hydrogen) atoms. The summed E-state index contributed by atoms with van der Waals surface area (Å²) in [5, 5.41) is 5.64. The van der Waals surface area contributed by atoms with Crippen molar-refractivity contribution in [1.29, 1.82) is 0 Å². The van der Waals surface area contributed by atoms with Crippen molar-refractivity contribution in [3.63, 3.8) is 0 Å². The van der Waals surface area contributed by atoms with E-state index < -0.39 is 0 Å². The van der Waals surface area contributed by atoms with Crippen LogP contribution in [-0.2, 0) is 12.8 Å². The number of aryl methyl sites for hydroxylation is 1. The van der Waals surface area contributed by atoms with Gasteiger partial charge in [-0.05, 0) is 53.9 Å². The molecule has 1 atom stereocenters. The molecule has 0 saturated heterocycles. The normalized spacial score (nSPS) is 16.8. The smallest absolute Gasteiger partial charge is 0.158 e. The summed E-state index contributed by atoms with van der Waals surface area (Å²) in [5.74, 6) is 1.51. The minimum absolute atomic E-state index is 0.353. The molecule has 0 bridgehead atoms. The summed E-state index contributed by atoms with van der Waals surface area (Å²) in [6.07, 6.45) is 8.20. The summed E-state index contributed by atoms with van der Waals surface area (Å²) in [5.41, 5.74) is 7.20. The Morgan fingerprint density at radius 1 is 1.23 bits per heavy atom. The molecule has 1 unspecified atom stereocenters. The van der Waals surface area contributed by atoms with E-state index in [4.69, 9.17) is 0 Å². The fourth-order valence-corrected chi connectivity index (χ4v) is 5.36. The van der Waals surface area contributed by atoms with Gasteiger partial charge in [0.15, 0.2) is 5.82 Å². The van der Waals surface area contributed by atoms with E-state index in [0.29, 0.717) is 11.3 Å². The van der Waals surface area contributed by atoms with Gasteiger partial charge in [-0.3, -0.25) is 5.43 Å². The van der Waals surface area contributed by atoms with E-state index in [0.717, 1.165) is 34.4 Å². The Morgan fingerprint density at radius 2 is 2.00 bits per heavy atom. The van der Waals surface area contributed by atoms with E-state index in [9.17, 15) is 0 Å². The summed E-state index contributed by atoms with van der Waals surface area (Å²) in [6.45, 7) is 7.11. The number of fused-ring (bicyclic) bond motifs is 3. The predicted octanol–water partition coefficient (Wildman–Crippen LogP) is 5.74. The van der Waals surface area contributed by atoms with Crippen LogP contribution >= 0.6 is 11.3 Å². The second-order valence-corrected chi connectivity index (χ2v) is 10.1. The zero-order valence-corrected chi connectivity index (χ0v) is 19.4. The molecule has 5 nitrogen and oxygen atoms in total. The van der Waals surface area contributed by atoms with Crippen molar-refractivity contribution >= 4 is 39.3 Å². The Labute approximate surface area is 183 Å². The van der Waals surface area contributed by atoms with Crippen LogP contribution in [0.5, 0.6) is 0 Å². The summed E-state index contributed by atoms with van der Waals surface area (Å²) in [7, 11) is 4.08. The first-order chi connectivity index (χ1) is 14.4. The fraction of sp³-hybridized carbons (Fsp3) is 0.458. The minimum atomic E-state index is 0.353. The van der Waals surface area contributed by atoms with Crippen molar-refractivity contribution in [2.24, 2.45) is 16.4 Å². The number of hydrogen-bond acceptors (Lipinski definition) is 6. The highest BCUT2D eigenvalue weighted by Crippen LogP contribution is 2.45. The SMILES string of the molecule is CCC(C)(C)C1CCc2sc3ncnc(N/N=C/c4ccc(N(C)C)cc4)c3c2C1. The van der Waals surface area contributed by atoms with Gasteiger partial charge >= 0.3 is 0 Å². The van der Waals surface area contributed by atoms with E-state index in [1.165, 1.54) is 29.0 Å². The molecule has 1 aliphatic rings. The molecule has 2 aromatic heterocycles. The average Bonchev–Trinajstić information content (AvgIpc) is 3.12. The van der Waals surface area contributed by atoms with E-state index >= 15 is 0 Å². The Kier molecular flexibility index (Phi) is 5.78. The van der Waals surface area contributed by atoms with Crippen LogP contribution in [0.3, 0.4) is 0 Å². The van der Waals surface area contributed by atoms with Gasteiger partial charge < -0.3 is 4.90 Å². The van der Waals surface area contributed by atoms with Crippen molar-refractivity contribution in [1.82, 2.24) is 9.97 Å². The molecule has 3 aromatic rings. The second-order valence-electron chi connectivity index (χ2n) is 9.04. The largest absolute Gasteiger partial charge is 0.378 e. The molecule has 4 rings (SSSR count). The highest BCUT2D eigenvalue weighted by molar-refractivity contribution is 7.19. The lowest BCUT2D eigenvalue weighted by Gasteiger charge is -2.36. The summed E-state index contributed by atoms with van der Waals surface area (Å²) in [6, 6.07) is 8.32. The molecule has 1 N–H and O–H groups in total. The number of aromatic nitrogens is 2. The Hall–Kier alpha value is -2.47. The van der Waals surface area contributed by atoms with Crippen LogP contribution in [0.2, 0.25) is 0 Å². The zero-order valence-electron chi connectivity index (χ0n) is 18.6. The molecule has 158 valence electrons. The van der Waals surface area contributed by atoms with Gasteiger partial charge in [-0.25, -0.2) is 9.97 Å². The van der Waals surface area contributed by atoms with Crippen LogP contribution in [0.1, 0.15) is 49.6 Å². The lowest BCUT2D eigenvalue weighted by atomic mass is 9.69. The van der Waals surface area contributed by atoms with E-state index in [1.54, 1.807) is 6.33 Å². The number of benzene rings is 1. The maximum Gasteiger partial charge on any atom is 0.158 e. The van der Waals surface area contributed by atoms with Gasteiger partial charge in [-0.2, -0.15) is 5.10 Å². The zero-order chi connectivity index (χ0) is 21.3. The Morgan fingerprint density at radius 3 is 2.70 bits per heavy atom. The monoisotopic (exact) mass is 421 g/mol. The van der Waals surface area contributed by atoms with E-state index in [2.05, 4.69) is 70.4 Å². The van der Waals surface area contributed by atoms with Crippen molar-refractivity contribution in [2.75, 3.05) is 24.4 Å². The third kappa shape index (κ3) is 4.06. The summed E-state index contributed by atoms with van der Waals surface area (Å²) < 4.78 is 0. The third-order valence-electron chi connectivity index (χ3n) is 6.65. The number of rotatable bonds is 6. The molecule has 0 radical (unpaired) electrons. The van der Waals surface area contributed by atoms with Crippen molar-refractivity contribution in [3.05, 3.63) is 46.6 Å². The van der Waals surface area contributed by atoms with E-state index in [-0.39, 0.29) is 0 Å². The topological polar surface area (TPSA) is 53.4 Å². The van der Waals surface area contributed by atoms with Crippen molar-refractivity contribution in [2.45, 2.75) is 46.5 Å². The molecule has 0 saturated carbocycles. The van der Waals surface area contributed by atoms with Gasteiger partial charge in [-0.15, -0.1) is 11.3 Å². The van der Waals surface area contributed by atoms with Crippen molar-refractivity contribution in [3.8, 4) is 0 Å². The number of hydrogen-bond donors (Lipinski definition) is 1. The van der Waals surface area contributed by atoms with Crippen molar-refractivity contribution < 1.29 is 0 Å². The van der Waals surface area contributed by atoms with Gasteiger partial charge in [0.05, 0.1) is 11.6 Å². The molecular weight excluding hydrogens is 390 g/mol. The minimum Gasteiger partial charge on any atom is -0.378 e. The number of hydrazone groups is 1. The Balaban J connectivity index is 1.59. The highest BCUT2D eigenvalue weighted by atomic mass is 32.1. The Bertz CT molecular complexity index is 1050. The van der Waals surface area contributed by atoms with Gasteiger partial charge in [0.25, 0.3) is 0 Å². The molecule has 1 aliphatic carbocycles. The molecule has 0 spiro atoms.